The van der Waals surface area contributed by atoms with Crippen LogP contribution in [0.2, 0.25) is 0 Å². The molecule has 1 aromatic rings. The van der Waals surface area contributed by atoms with Crippen molar-refractivity contribution in [3.63, 3.8) is 0 Å². The third kappa shape index (κ3) is 2.86. The van der Waals surface area contributed by atoms with Gasteiger partial charge in [-0.3, -0.25) is 9.36 Å². The van der Waals surface area contributed by atoms with Gasteiger partial charge in [-0.15, -0.1) is 10.2 Å². The lowest BCUT2D eigenvalue weighted by molar-refractivity contribution is -0.133. The number of aliphatic carboxylic acids is 1. The van der Waals surface area contributed by atoms with E-state index < -0.39 is 5.97 Å². The highest BCUT2D eigenvalue weighted by Crippen LogP contribution is 2.33. The smallest absolute Gasteiger partial charge is 0.313 e. The van der Waals surface area contributed by atoms with Crippen molar-refractivity contribution in [1.29, 1.82) is 0 Å². The second-order valence-corrected chi connectivity index (χ2v) is 6.22. The van der Waals surface area contributed by atoms with E-state index in [4.69, 9.17) is 5.11 Å². The zero-order valence-electron chi connectivity index (χ0n) is 11.6. The van der Waals surface area contributed by atoms with Crippen LogP contribution >= 0.6 is 11.8 Å². The second kappa shape index (κ2) is 5.40. The molecule has 0 amide bonds. The number of hydrogen-bond acceptors (Lipinski definition) is 5. The van der Waals surface area contributed by atoms with Crippen molar-refractivity contribution in [2.24, 2.45) is 0 Å². The molecule has 1 aromatic heterocycles. The molecule has 0 aliphatic carbocycles. The average molecular weight is 284 g/mol. The molecule has 1 aliphatic heterocycles. The van der Waals surface area contributed by atoms with Crippen molar-refractivity contribution in [1.82, 2.24) is 14.8 Å². The lowest BCUT2D eigenvalue weighted by Gasteiger charge is -2.32. The van der Waals surface area contributed by atoms with Crippen molar-refractivity contribution >= 4 is 23.7 Å². The van der Waals surface area contributed by atoms with E-state index in [0.717, 1.165) is 31.9 Å². The molecule has 0 saturated carbocycles. The van der Waals surface area contributed by atoms with E-state index in [2.05, 4.69) is 28.9 Å². The molecule has 19 heavy (non-hydrogen) atoms. The Morgan fingerprint density at radius 3 is 2.74 bits per heavy atom. The first-order chi connectivity index (χ1) is 8.95. The zero-order valence-corrected chi connectivity index (χ0v) is 12.4. The van der Waals surface area contributed by atoms with Gasteiger partial charge in [0.05, 0.1) is 5.75 Å². The van der Waals surface area contributed by atoms with E-state index in [0.29, 0.717) is 5.16 Å². The normalized spacial score (nSPS) is 17.9. The summed E-state index contributed by atoms with van der Waals surface area (Å²) in [6.07, 6.45) is 2.29. The van der Waals surface area contributed by atoms with Gasteiger partial charge >= 0.3 is 5.97 Å². The van der Waals surface area contributed by atoms with Crippen LogP contribution in [-0.4, -0.2) is 43.7 Å². The minimum Gasteiger partial charge on any atom is -0.481 e. The zero-order chi connectivity index (χ0) is 14.0. The molecule has 2 rings (SSSR count). The topological polar surface area (TPSA) is 71.2 Å². The Kier molecular flexibility index (Phi) is 4.03. The first-order valence-electron chi connectivity index (χ1n) is 6.51. The molecule has 1 N–H and O–H groups in total. The van der Waals surface area contributed by atoms with Crippen molar-refractivity contribution in [2.45, 2.75) is 50.9 Å². The minimum absolute atomic E-state index is 0.0154. The summed E-state index contributed by atoms with van der Waals surface area (Å²) in [5.74, 6) is 0.0400. The van der Waals surface area contributed by atoms with E-state index in [1.54, 1.807) is 0 Å². The SMILES string of the molecule is CCn1c(SCC(=O)O)nnc1N1CCCC1(C)C. The van der Waals surface area contributed by atoms with Crippen molar-refractivity contribution in [3.8, 4) is 0 Å². The third-order valence-corrected chi connectivity index (χ3v) is 4.43. The largest absolute Gasteiger partial charge is 0.481 e. The molecular formula is C12H20N4O2S. The predicted octanol–water partition coefficient (Wildman–Crippen LogP) is 1.85. The molecule has 0 atom stereocenters. The van der Waals surface area contributed by atoms with Crippen molar-refractivity contribution in [2.75, 3.05) is 17.2 Å². The molecule has 0 unspecified atom stereocenters. The highest BCUT2D eigenvalue weighted by atomic mass is 32.2. The fraction of sp³-hybridized carbons (Fsp3) is 0.750. The third-order valence-electron chi connectivity index (χ3n) is 3.48. The number of hydrogen-bond donors (Lipinski definition) is 1. The summed E-state index contributed by atoms with van der Waals surface area (Å²) in [5.41, 5.74) is 0.0920. The van der Waals surface area contributed by atoms with Crippen LogP contribution in [0.3, 0.4) is 0 Å². The van der Waals surface area contributed by atoms with E-state index in [9.17, 15) is 4.79 Å². The summed E-state index contributed by atoms with van der Waals surface area (Å²) in [6.45, 7) is 8.17. The van der Waals surface area contributed by atoms with Crippen LogP contribution in [0.4, 0.5) is 5.95 Å². The summed E-state index contributed by atoms with van der Waals surface area (Å²) in [5, 5.41) is 17.8. The number of nitrogens with zero attached hydrogens (tertiary/aromatic N) is 4. The van der Waals surface area contributed by atoms with Crippen LogP contribution in [0.15, 0.2) is 5.16 Å². The molecule has 106 valence electrons. The van der Waals surface area contributed by atoms with Crippen molar-refractivity contribution in [3.05, 3.63) is 0 Å². The fourth-order valence-corrected chi connectivity index (χ4v) is 3.19. The standard InChI is InChI=1S/C12H20N4O2S/c1-4-15-10(16-7-5-6-12(16,2)3)13-14-11(15)19-8-9(17)18/h4-8H2,1-3H3,(H,17,18). The number of carboxylic acid groups (broad SMARTS) is 1. The summed E-state index contributed by atoms with van der Waals surface area (Å²) < 4.78 is 2.00. The molecule has 7 heteroatoms. The Labute approximate surface area is 117 Å². The molecule has 0 spiro atoms. The monoisotopic (exact) mass is 284 g/mol. The van der Waals surface area contributed by atoms with Crippen LogP contribution in [0.25, 0.3) is 0 Å². The molecule has 1 fully saturated rings. The van der Waals surface area contributed by atoms with Gasteiger partial charge in [0.25, 0.3) is 0 Å². The lowest BCUT2D eigenvalue weighted by Crippen LogP contribution is -2.39. The van der Waals surface area contributed by atoms with E-state index in [1.165, 1.54) is 11.8 Å². The molecule has 1 saturated heterocycles. The maximum Gasteiger partial charge on any atom is 0.313 e. The minimum atomic E-state index is -0.835. The molecule has 2 heterocycles. The highest BCUT2D eigenvalue weighted by molar-refractivity contribution is 7.99. The van der Waals surface area contributed by atoms with Gasteiger partial charge < -0.3 is 10.0 Å². The van der Waals surface area contributed by atoms with Gasteiger partial charge in [0.15, 0.2) is 5.16 Å². The van der Waals surface area contributed by atoms with Gasteiger partial charge in [-0.25, -0.2) is 0 Å². The van der Waals surface area contributed by atoms with Gasteiger partial charge in [0, 0.05) is 18.6 Å². The Bertz CT molecular complexity index is 472. The highest BCUT2D eigenvalue weighted by Gasteiger charge is 2.35. The van der Waals surface area contributed by atoms with E-state index >= 15 is 0 Å². The number of rotatable bonds is 5. The van der Waals surface area contributed by atoms with Crippen LogP contribution in [0.1, 0.15) is 33.6 Å². The number of carboxylic acids is 1. The van der Waals surface area contributed by atoms with Crippen molar-refractivity contribution < 1.29 is 9.90 Å². The van der Waals surface area contributed by atoms with Crippen LogP contribution in [0.5, 0.6) is 0 Å². The number of anilines is 1. The molecule has 6 nitrogen and oxygen atoms in total. The van der Waals surface area contributed by atoms with Gasteiger partial charge in [0.1, 0.15) is 0 Å². The van der Waals surface area contributed by atoms with E-state index in [-0.39, 0.29) is 11.3 Å². The molecule has 1 aliphatic rings. The molecule has 0 bridgehead atoms. The van der Waals surface area contributed by atoms with Gasteiger partial charge in [-0.2, -0.15) is 0 Å². The van der Waals surface area contributed by atoms with Gasteiger partial charge in [-0.1, -0.05) is 11.8 Å². The maximum atomic E-state index is 10.6. The van der Waals surface area contributed by atoms with Gasteiger partial charge in [-0.05, 0) is 33.6 Å². The number of aromatic nitrogens is 3. The summed E-state index contributed by atoms with van der Waals surface area (Å²) in [6, 6.07) is 0. The Hall–Kier alpha value is -1.24. The first-order valence-corrected chi connectivity index (χ1v) is 7.49. The first kappa shape index (κ1) is 14.2. The van der Waals surface area contributed by atoms with Crippen LogP contribution in [0, 0.1) is 0 Å². The summed E-state index contributed by atoms with van der Waals surface area (Å²) in [4.78, 5) is 12.9. The Morgan fingerprint density at radius 2 is 2.21 bits per heavy atom. The number of carbonyl (C=O) groups is 1. The van der Waals surface area contributed by atoms with E-state index in [1.807, 2.05) is 11.5 Å². The number of thioether (sulfide) groups is 1. The summed E-state index contributed by atoms with van der Waals surface area (Å²) in [7, 11) is 0. The molecular weight excluding hydrogens is 264 g/mol. The maximum absolute atomic E-state index is 10.6. The predicted molar refractivity (Wildman–Crippen MR) is 74.7 cm³/mol. The molecule has 0 aromatic carbocycles. The average Bonchev–Trinajstić information content (AvgIpc) is 2.88. The van der Waals surface area contributed by atoms with Gasteiger partial charge in [0.2, 0.25) is 5.95 Å². The molecule has 0 radical (unpaired) electrons. The Morgan fingerprint density at radius 1 is 1.47 bits per heavy atom. The summed E-state index contributed by atoms with van der Waals surface area (Å²) >= 11 is 1.22. The van der Waals surface area contributed by atoms with Crippen LogP contribution < -0.4 is 4.90 Å². The second-order valence-electron chi connectivity index (χ2n) is 5.28. The lowest BCUT2D eigenvalue weighted by atomic mass is 10.0. The quantitative estimate of drug-likeness (QED) is 0.832. The fourth-order valence-electron chi connectivity index (χ4n) is 2.47. The Balaban J connectivity index is 2.24. The van der Waals surface area contributed by atoms with Crippen LogP contribution in [-0.2, 0) is 11.3 Å².